The van der Waals surface area contributed by atoms with Crippen molar-refractivity contribution in [3.63, 3.8) is 0 Å². The second-order valence-corrected chi connectivity index (χ2v) is 6.46. The predicted octanol–water partition coefficient (Wildman–Crippen LogP) is 5.07. The number of hydrogen-bond donors (Lipinski definition) is 0. The summed E-state index contributed by atoms with van der Waals surface area (Å²) < 4.78 is 21.8. The first-order valence-electron chi connectivity index (χ1n) is 9.51. The highest BCUT2D eigenvalue weighted by Crippen LogP contribution is 2.35. The summed E-state index contributed by atoms with van der Waals surface area (Å²) in [6, 6.07) is 20.0. The molecule has 0 bridgehead atoms. The van der Waals surface area contributed by atoms with Crippen molar-refractivity contribution in [1.29, 1.82) is 0 Å². The van der Waals surface area contributed by atoms with Crippen LogP contribution < -0.4 is 14.2 Å². The zero-order valence-corrected chi connectivity index (χ0v) is 17.2. The third kappa shape index (κ3) is 5.96. The van der Waals surface area contributed by atoms with E-state index in [0.717, 1.165) is 17.4 Å². The lowest BCUT2D eigenvalue weighted by atomic mass is 10.1. The molecule has 0 radical (unpaired) electrons. The molecule has 0 amide bonds. The fourth-order valence-electron chi connectivity index (χ4n) is 2.75. The van der Waals surface area contributed by atoms with Crippen LogP contribution in [0.4, 0.5) is 0 Å². The molecule has 0 saturated carbocycles. The van der Waals surface area contributed by atoms with Crippen LogP contribution in [0.25, 0.3) is 6.08 Å². The summed E-state index contributed by atoms with van der Waals surface area (Å²) in [5.41, 5.74) is 2.13. The van der Waals surface area contributed by atoms with E-state index < -0.39 is 5.97 Å². The molecule has 0 aliphatic carbocycles. The number of ether oxygens (including phenoxy) is 4. The fourth-order valence-corrected chi connectivity index (χ4v) is 2.75. The van der Waals surface area contributed by atoms with Gasteiger partial charge in [0.25, 0.3) is 0 Å². The molecule has 3 aromatic rings. The normalized spacial score (nSPS) is 10.5. The number of aldehydes is 1. The first-order chi connectivity index (χ1) is 15.1. The van der Waals surface area contributed by atoms with Gasteiger partial charge in [0.15, 0.2) is 17.8 Å². The minimum atomic E-state index is -0.456. The first-order valence-corrected chi connectivity index (χ1v) is 9.51. The minimum Gasteiger partial charge on any atom is -0.493 e. The van der Waals surface area contributed by atoms with Crippen LogP contribution in [0, 0.1) is 0 Å². The van der Waals surface area contributed by atoms with Crippen LogP contribution in [0.3, 0.4) is 0 Å². The molecule has 6 nitrogen and oxygen atoms in total. The van der Waals surface area contributed by atoms with Crippen LogP contribution in [0.5, 0.6) is 23.0 Å². The minimum absolute atomic E-state index is 0.344. The Morgan fingerprint density at radius 1 is 0.903 bits per heavy atom. The Morgan fingerprint density at radius 2 is 1.71 bits per heavy atom. The van der Waals surface area contributed by atoms with Gasteiger partial charge in [-0.2, -0.15) is 0 Å². The summed E-state index contributed by atoms with van der Waals surface area (Å²) in [6.45, 7) is 0.394. The molecule has 0 unspecified atom stereocenters. The van der Waals surface area contributed by atoms with Crippen molar-refractivity contribution in [1.82, 2.24) is 0 Å². The number of methoxy groups -OCH3 is 2. The van der Waals surface area contributed by atoms with E-state index in [1.54, 1.807) is 42.5 Å². The van der Waals surface area contributed by atoms with Crippen LogP contribution in [0.2, 0.25) is 0 Å². The van der Waals surface area contributed by atoms with Gasteiger partial charge in [0.1, 0.15) is 18.1 Å². The van der Waals surface area contributed by atoms with Crippen molar-refractivity contribution < 1.29 is 28.5 Å². The van der Waals surface area contributed by atoms with E-state index in [0.29, 0.717) is 35.2 Å². The lowest BCUT2D eigenvalue weighted by molar-refractivity contribution is -0.134. The maximum absolute atomic E-state index is 11.5. The third-order valence-corrected chi connectivity index (χ3v) is 4.38. The second-order valence-electron chi connectivity index (χ2n) is 6.46. The Bertz CT molecular complexity index is 1070. The average molecular weight is 418 g/mol. The van der Waals surface area contributed by atoms with E-state index in [9.17, 15) is 9.59 Å². The molecule has 0 aliphatic heterocycles. The molecular weight excluding hydrogens is 396 g/mol. The number of rotatable bonds is 9. The summed E-state index contributed by atoms with van der Waals surface area (Å²) in [4.78, 5) is 22.8. The molecule has 3 aromatic carbocycles. The van der Waals surface area contributed by atoms with E-state index in [4.69, 9.17) is 14.2 Å². The molecule has 0 aliphatic rings. The molecule has 0 atom stereocenters. The molecule has 0 N–H and O–H groups in total. The Kier molecular flexibility index (Phi) is 7.43. The Balaban J connectivity index is 1.81. The van der Waals surface area contributed by atoms with E-state index in [2.05, 4.69) is 4.74 Å². The van der Waals surface area contributed by atoms with Gasteiger partial charge < -0.3 is 18.9 Å². The lowest BCUT2D eigenvalue weighted by Crippen LogP contribution is -1.98. The number of esters is 1. The van der Waals surface area contributed by atoms with Crippen LogP contribution in [0.1, 0.15) is 21.5 Å². The van der Waals surface area contributed by atoms with Crippen LogP contribution in [0.15, 0.2) is 72.8 Å². The molecular formula is C25H22O6. The monoisotopic (exact) mass is 418 g/mol. The maximum Gasteiger partial charge on any atom is 0.330 e. The smallest absolute Gasteiger partial charge is 0.330 e. The second kappa shape index (κ2) is 10.6. The van der Waals surface area contributed by atoms with Crippen LogP contribution >= 0.6 is 0 Å². The summed E-state index contributed by atoms with van der Waals surface area (Å²) in [5, 5.41) is 0. The summed E-state index contributed by atoms with van der Waals surface area (Å²) in [7, 11) is 2.82. The zero-order valence-electron chi connectivity index (χ0n) is 17.2. The molecule has 31 heavy (non-hydrogen) atoms. The number of hydrogen-bond acceptors (Lipinski definition) is 6. The number of carbonyl (C=O) groups is 2. The van der Waals surface area contributed by atoms with Gasteiger partial charge in [-0.25, -0.2) is 4.79 Å². The predicted molar refractivity (Wildman–Crippen MR) is 117 cm³/mol. The zero-order chi connectivity index (χ0) is 22.1. The van der Waals surface area contributed by atoms with Crippen LogP contribution in [-0.2, 0) is 16.1 Å². The van der Waals surface area contributed by atoms with Crippen molar-refractivity contribution in [2.45, 2.75) is 6.61 Å². The first kappa shape index (κ1) is 21.6. The molecule has 0 spiro atoms. The highest BCUT2D eigenvalue weighted by molar-refractivity contribution is 5.87. The van der Waals surface area contributed by atoms with Gasteiger partial charge in [-0.1, -0.05) is 36.4 Å². The molecule has 158 valence electrons. The van der Waals surface area contributed by atoms with E-state index in [-0.39, 0.29) is 0 Å². The Labute approximate surface area is 180 Å². The molecule has 0 heterocycles. The van der Waals surface area contributed by atoms with Gasteiger partial charge in [-0.05, 0) is 41.5 Å². The molecule has 0 fully saturated rings. The maximum atomic E-state index is 11.5. The van der Waals surface area contributed by atoms with Crippen molar-refractivity contribution in [3.8, 4) is 23.0 Å². The SMILES string of the molecule is COC(=O)/C=C/c1ccc(Oc2cc(OCc3ccccc3)ccc2C=O)c(OC)c1. The Hall–Kier alpha value is -4.06. The van der Waals surface area contributed by atoms with Crippen molar-refractivity contribution >= 4 is 18.3 Å². The summed E-state index contributed by atoms with van der Waals surface area (Å²) in [6.07, 6.45) is 3.64. The number of benzene rings is 3. The van der Waals surface area contributed by atoms with Crippen LogP contribution in [-0.4, -0.2) is 26.5 Å². The lowest BCUT2D eigenvalue weighted by Gasteiger charge is -2.14. The quantitative estimate of drug-likeness (QED) is 0.275. The highest BCUT2D eigenvalue weighted by Gasteiger charge is 2.11. The molecule has 3 rings (SSSR count). The van der Waals surface area contributed by atoms with E-state index in [1.165, 1.54) is 20.3 Å². The van der Waals surface area contributed by atoms with Crippen molar-refractivity contribution in [2.75, 3.05) is 14.2 Å². The fraction of sp³-hybridized carbons (Fsp3) is 0.120. The van der Waals surface area contributed by atoms with Gasteiger partial charge in [0, 0.05) is 12.1 Å². The average Bonchev–Trinajstić information content (AvgIpc) is 2.82. The highest BCUT2D eigenvalue weighted by atomic mass is 16.5. The molecule has 0 aromatic heterocycles. The summed E-state index contributed by atoms with van der Waals surface area (Å²) >= 11 is 0. The van der Waals surface area contributed by atoms with E-state index in [1.807, 2.05) is 30.3 Å². The van der Waals surface area contributed by atoms with Crippen molar-refractivity contribution in [3.05, 3.63) is 89.5 Å². The van der Waals surface area contributed by atoms with Gasteiger partial charge in [0.2, 0.25) is 0 Å². The summed E-state index contributed by atoms with van der Waals surface area (Å²) in [5.74, 6) is 1.32. The van der Waals surface area contributed by atoms with Gasteiger partial charge in [0.05, 0.1) is 19.8 Å². The van der Waals surface area contributed by atoms with Gasteiger partial charge in [-0.15, -0.1) is 0 Å². The number of carbonyl (C=O) groups excluding carboxylic acids is 2. The Morgan fingerprint density at radius 3 is 2.42 bits per heavy atom. The van der Waals surface area contributed by atoms with Gasteiger partial charge >= 0.3 is 5.97 Å². The topological polar surface area (TPSA) is 71.1 Å². The van der Waals surface area contributed by atoms with Gasteiger partial charge in [-0.3, -0.25) is 4.79 Å². The molecule has 0 saturated heterocycles. The largest absolute Gasteiger partial charge is 0.493 e. The van der Waals surface area contributed by atoms with E-state index >= 15 is 0 Å². The molecule has 6 heteroatoms. The van der Waals surface area contributed by atoms with Crippen molar-refractivity contribution in [2.24, 2.45) is 0 Å². The standard InChI is InChI=1S/C25H22O6/c1-28-24-14-18(9-13-25(27)29-2)8-12-22(24)31-23-15-21(11-10-20(23)16-26)30-17-19-6-4-3-5-7-19/h3-16H,17H2,1-2H3/b13-9+. The third-order valence-electron chi connectivity index (χ3n) is 4.38.